The van der Waals surface area contributed by atoms with E-state index in [0.29, 0.717) is 24.9 Å². The van der Waals surface area contributed by atoms with Gasteiger partial charge in [-0.2, -0.15) is 0 Å². The number of imide groups is 2. The Morgan fingerprint density at radius 3 is 2.04 bits per heavy atom. The van der Waals surface area contributed by atoms with E-state index in [1.807, 2.05) is 0 Å². The third-order valence-electron chi connectivity index (χ3n) is 4.50. The molecule has 2 aromatic rings. The van der Waals surface area contributed by atoms with E-state index in [1.165, 1.54) is 12.1 Å². The zero-order valence-electron chi connectivity index (χ0n) is 15.4. The van der Waals surface area contributed by atoms with Crippen molar-refractivity contribution in [2.75, 3.05) is 6.54 Å². The Kier molecular flexibility index (Phi) is 6.73. The molecule has 0 spiro atoms. The number of phenolic OH excluding ortho intramolecular Hbond substituents is 2. The fourth-order valence-corrected chi connectivity index (χ4v) is 2.96. The smallest absolute Gasteiger partial charge is 0.328 e. The summed E-state index contributed by atoms with van der Waals surface area (Å²) < 4.78 is 0. The zero-order chi connectivity index (χ0) is 20.7. The molecule has 1 fully saturated rings. The lowest BCUT2D eigenvalue weighted by atomic mass is 9.75. The number of aromatic hydroxyl groups is 2. The van der Waals surface area contributed by atoms with E-state index >= 15 is 0 Å². The van der Waals surface area contributed by atoms with Gasteiger partial charge in [-0.3, -0.25) is 20.2 Å². The van der Waals surface area contributed by atoms with E-state index in [0.717, 1.165) is 5.56 Å². The molecule has 3 rings (SSSR count). The summed E-state index contributed by atoms with van der Waals surface area (Å²) in [5.41, 5.74) is 5.52. The van der Waals surface area contributed by atoms with E-state index < -0.39 is 23.3 Å². The first-order chi connectivity index (χ1) is 13.3. The Hall–Kier alpha value is -3.39. The van der Waals surface area contributed by atoms with E-state index in [2.05, 4.69) is 10.6 Å². The number of nitrogens with two attached hydrogens (primary N) is 1. The highest BCUT2D eigenvalue weighted by Gasteiger charge is 2.50. The van der Waals surface area contributed by atoms with Crippen LogP contribution in [0.4, 0.5) is 4.79 Å². The molecule has 0 aliphatic carbocycles. The monoisotopic (exact) mass is 385 g/mol. The Morgan fingerprint density at radius 2 is 1.54 bits per heavy atom. The van der Waals surface area contributed by atoms with Crippen molar-refractivity contribution < 1.29 is 24.6 Å². The summed E-state index contributed by atoms with van der Waals surface area (Å²) in [4.78, 5) is 35.0. The molecule has 2 aromatic carbocycles. The van der Waals surface area contributed by atoms with Gasteiger partial charge >= 0.3 is 6.03 Å². The van der Waals surface area contributed by atoms with Crippen LogP contribution in [0.5, 0.6) is 11.5 Å². The molecule has 28 heavy (non-hydrogen) atoms. The van der Waals surface area contributed by atoms with Crippen LogP contribution in [0.3, 0.4) is 0 Å². The van der Waals surface area contributed by atoms with Crippen LogP contribution in [-0.4, -0.2) is 34.6 Å². The van der Waals surface area contributed by atoms with Crippen LogP contribution in [0.25, 0.3) is 0 Å². The molecule has 4 amide bonds. The van der Waals surface area contributed by atoms with E-state index in [9.17, 15) is 14.4 Å². The largest absolute Gasteiger partial charge is 0.504 e. The number of urea groups is 1. The first kappa shape index (κ1) is 20.9. The summed E-state index contributed by atoms with van der Waals surface area (Å²) in [5.74, 6) is -1.32. The summed E-state index contributed by atoms with van der Waals surface area (Å²) in [6, 6.07) is 12.7. The molecule has 148 valence electrons. The molecule has 1 heterocycles. The first-order valence-corrected chi connectivity index (χ1v) is 8.78. The van der Waals surface area contributed by atoms with Gasteiger partial charge in [0.05, 0.1) is 0 Å². The fraction of sp³-hybridized carbons (Fsp3) is 0.250. The lowest BCUT2D eigenvalue weighted by Crippen LogP contribution is -2.64. The summed E-state index contributed by atoms with van der Waals surface area (Å²) in [6.07, 6.45) is 1.01. The van der Waals surface area contributed by atoms with Gasteiger partial charge in [0.2, 0.25) is 11.8 Å². The van der Waals surface area contributed by atoms with Gasteiger partial charge in [0, 0.05) is 0 Å². The number of carbonyl (C=O) groups excluding carboxylic acids is 3. The third kappa shape index (κ3) is 4.29. The van der Waals surface area contributed by atoms with Gasteiger partial charge in [-0.1, -0.05) is 43.3 Å². The third-order valence-corrected chi connectivity index (χ3v) is 4.50. The van der Waals surface area contributed by atoms with Crippen molar-refractivity contribution in [3.63, 3.8) is 0 Å². The zero-order valence-corrected chi connectivity index (χ0v) is 15.4. The van der Waals surface area contributed by atoms with Crippen LogP contribution < -0.4 is 16.4 Å². The van der Waals surface area contributed by atoms with Crippen LogP contribution in [0.1, 0.15) is 24.5 Å². The molecule has 0 unspecified atom stereocenters. The number of hydrogen-bond donors (Lipinski definition) is 5. The number of amides is 4. The predicted molar refractivity (Wildman–Crippen MR) is 103 cm³/mol. The number of rotatable bonds is 4. The van der Waals surface area contributed by atoms with E-state index in [1.54, 1.807) is 43.3 Å². The second-order valence-electron chi connectivity index (χ2n) is 6.22. The van der Waals surface area contributed by atoms with Crippen LogP contribution >= 0.6 is 0 Å². The summed E-state index contributed by atoms with van der Waals surface area (Å²) in [7, 11) is 0. The van der Waals surface area contributed by atoms with Crippen molar-refractivity contribution in [1.82, 2.24) is 10.6 Å². The van der Waals surface area contributed by atoms with Crippen molar-refractivity contribution in [1.29, 1.82) is 0 Å². The predicted octanol–water partition coefficient (Wildman–Crippen LogP) is 1.30. The maximum absolute atomic E-state index is 12.0. The minimum Gasteiger partial charge on any atom is -0.504 e. The average molecular weight is 385 g/mol. The van der Waals surface area contributed by atoms with Gasteiger partial charge in [-0.25, -0.2) is 4.79 Å². The van der Waals surface area contributed by atoms with Gasteiger partial charge in [0.15, 0.2) is 16.9 Å². The maximum Gasteiger partial charge on any atom is 0.328 e. The van der Waals surface area contributed by atoms with Gasteiger partial charge in [-0.05, 0) is 42.6 Å². The highest BCUT2D eigenvalue weighted by molar-refractivity contribution is 6.22. The quantitative estimate of drug-likeness (QED) is 0.397. The highest BCUT2D eigenvalue weighted by Crippen LogP contribution is 2.30. The molecule has 0 saturated carbocycles. The number of barbiturate groups is 1. The molecule has 0 bridgehead atoms. The molecule has 1 aliphatic rings. The highest BCUT2D eigenvalue weighted by atomic mass is 16.3. The van der Waals surface area contributed by atoms with Gasteiger partial charge < -0.3 is 15.9 Å². The average Bonchev–Trinajstić information content (AvgIpc) is 2.66. The molecule has 8 nitrogen and oxygen atoms in total. The Balaban J connectivity index is 0.000000221. The van der Waals surface area contributed by atoms with Crippen LogP contribution in [0.2, 0.25) is 0 Å². The van der Waals surface area contributed by atoms with Crippen LogP contribution in [0.15, 0.2) is 48.5 Å². The van der Waals surface area contributed by atoms with Gasteiger partial charge in [0.25, 0.3) is 0 Å². The van der Waals surface area contributed by atoms with E-state index in [4.69, 9.17) is 15.9 Å². The Bertz CT molecular complexity index is 847. The SMILES string of the molecule is CCC1(c2ccccc2)C(=O)NC(=O)NC1=O.NCCc1ccc(O)c(O)c1. The number of carbonyl (C=O) groups is 3. The standard InChI is InChI=1S/C12H12N2O3.C8H11NO2/c1-2-12(8-6-4-3-5-7-8)9(15)13-11(17)14-10(12)16;9-4-3-6-1-2-7(10)8(11)5-6/h3-7H,2H2,1H3,(H2,13,14,15,16,17);1-2,5,10-11H,3-4,9H2. The summed E-state index contributed by atoms with van der Waals surface area (Å²) >= 11 is 0. The molecule has 0 atom stereocenters. The normalized spacial score (nSPS) is 15.1. The topological polar surface area (TPSA) is 142 Å². The van der Waals surface area contributed by atoms with Crippen molar-refractivity contribution in [3.8, 4) is 11.5 Å². The number of phenols is 2. The van der Waals surface area contributed by atoms with Crippen LogP contribution in [0, 0.1) is 0 Å². The second-order valence-corrected chi connectivity index (χ2v) is 6.22. The van der Waals surface area contributed by atoms with Crippen molar-refractivity contribution in [2.24, 2.45) is 5.73 Å². The number of hydrogen-bond acceptors (Lipinski definition) is 6. The fourth-order valence-electron chi connectivity index (χ4n) is 2.96. The minimum absolute atomic E-state index is 0.0871. The first-order valence-electron chi connectivity index (χ1n) is 8.78. The number of nitrogens with one attached hydrogen (secondary N) is 2. The second kappa shape index (κ2) is 9.01. The van der Waals surface area contributed by atoms with Crippen molar-refractivity contribution in [2.45, 2.75) is 25.2 Å². The molecule has 6 N–H and O–H groups in total. The van der Waals surface area contributed by atoms with E-state index in [-0.39, 0.29) is 11.5 Å². The van der Waals surface area contributed by atoms with Crippen molar-refractivity contribution in [3.05, 3.63) is 59.7 Å². The van der Waals surface area contributed by atoms with Crippen LogP contribution in [-0.2, 0) is 21.4 Å². The molecular formula is C20H23N3O5. The number of benzene rings is 2. The minimum atomic E-state index is -1.31. The Morgan fingerprint density at radius 1 is 0.929 bits per heavy atom. The van der Waals surface area contributed by atoms with Gasteiger partial charge in [0.1, 0.15) is 0 Å². The van der Waals surface area contributed by atoms with Crippen molar-refractivity contribution >= 4 is 17.8 Å². The lowest BCUT2D eigenvalue weighted by molar-refractivity contribution is -0.138. The molecule has 8 heteroatoms. The molecular weight excluding hydrogens is 362 g/mol. The summed E-state index contributed by atoms with van der Waals surface area (Å²) in [6.45, 7) is 2.28. The lowest BCUT2D eigenvalue weighted by Gasteiger charge is -2.33. The van der Waals surface area contributed by atoms with Gasteiger partial charge in [-0.15, -0.1) is 0 Å². The Labute approximate surface area is 162 Å². The molecule has 0 radical (unpaired) electrons. The molecule has 1 saturated heterocycles. The maximum atomic E-state index is 12.0. The molecule has 0 aromatic heterocycles. The molecule has 1 aliphatic heterocycles. The summed E-state index contributed by atoms with van der Waals surface area (Å²) in [5, 5.41) is 22.2.